The molecule has 1 aromatic heterocycles. The van der Waals surface area contributed by atoms with E-state index in [2.05, 4.69) is 10.2 Å². The van der Waals surface area contributed by atoms with Gasteiger partial charge in [0.25, 0.3) is 7.41 Å². The highest BCUT2D eigenvalue weighted by atomic mass is 14.9. The zero-order chi connectivity index (χ0) is 10.5. The number of nitrogens with one attached hydrogen (secondary N) is 1. The second-order valence-corrected chi connectivity index (χ2v) is 3.18. The number of aromatic nitrogens is 1. The van der Waals surface area contributed by atoms with Gasteiger partial charge in [-0.2, -0.15) is 0 Å². The zero-order valence-corrected chi connectivity index (χ0v) is 8.22. The molecule has 3 N–H and O–H groups in total. The van der Waals surface area contributed by atoms with E-state index in [4.69, 9.17) is 5.73 Å². The molecule has 0 saturated carbocycles. The molecule has 73 valence electrons. The van der Waals surface area contributed by atoms with Gasteiger partial charge >= 0.3 is 0 Å². The molecule has 0 fully saturated rings. The maximum absolute atomic E-state index is 5.53. The Labute approximate surface area is 89.6 Å². The van der Waals surface area contributed by atoms with Crippen LogP contribution in [0.3, 0.4) is 0 Å². The molecule has 2 aromatic rings. The largest absolute Gasteiger partial charge is 0.413 e. The predicted molar refractivity (Wildman–Crippen MR) is 64.1 cm³/mol. The van der Waals surface area contributed by atoms with Crippen LogP contribution in [-0.4, -0.2) is 12.4 Å². The Kier molecular flexibility index (Phi) is 2.88. The summed E-state index contributed by atoms with van der Waals surface area (Å²) in [5.41, 5.74) is 7.31. The Balaban J connectivity index is 1.96. The van der Waals surface area contributed by atoms with Crippen molar-refractivity contribution in [3.63, 3.8) is 0 Å². The Hall–Kier alpha value is -1.97. The first-order chi connectivity index (χ1) is 7.34. The van der Waals surface area contributed by atoms with Gasteiger partial charge < -0.3 is 11.0 Å². The number of nitrogens with two attached hydrogens (primary N) is 1. The van der Waals surface area contributed by atoms with Crippen molar-refractivity contribution >= 4 is 24.4 Å². The van der Waals surface area contributed by atoms with Gasteiger partial charge in [0.2, 0.25) is 0 Å². The van der Waals surface area contributed by atoms with Gasteiger partial charge in [0.1, 0.15) is 5.82 Å². The number of nitrogens with zero attached hydrogens (tertiary/aromatic N) is 1. The fourth-order valence-electron chi connectivity index (χ4n) is 1.20. The second-order valence-electron chi connectivity index (χ2n) is 3.18. The van der Waals surface area contributed by atoms with Gasteiger partial charge in [0.05, 0.1) is 11.9 Å². The molecule has 4 heteroatoms. The molecular formula is C11H11BN3. The van der Waals surface area contributed by atoms with Crippen LogP contribution in [0.25, 0.3) is 0 Å². The summed E-state index contributed by atoms with van der Waals surface area (Å²) in [7, 11) is 1.90. The van der Waals surface area contributed by atoms with Crippen molar-refractivity contribution in [3.8, 4) is 0 Å². The highest BCUT2D eigenvalue weighted by Crippen LogP contribution is 2.04. The summed E-state index contributed by atoms with van der Waals surface area (Å²) in [5.74, 6) is 0.785. The van der Waals surface area contributed by atoms with E-state index in [0.717, 1.165) is 11.3 Å². The maximum Gasteiger partial charge on any atom is 0.283 e. The number of benzene rings is 1. The Morgan fingerprint density at radius 1 is 1.07 bits per heavy atom. The molecule has 0 atom stereocenters. The Bertz CT molecular complexity index is 414. The summed E-state index contributed by atoms with van der Waals surface area (Å²) < 4.78 is 0. The van der Waals surface area contributed by atoms with Crippen LogP contribution >= 0.6 is 0 Å². The molecule has 0 aliphatic heterocycles. The number of pyridine rings is 1. The van der Waals surface area contributed by atoms with E-state index in [-0.39, 0.29) is 0 Å². The van der Waals surface area contributed by atoms with Crippen molar-refractivity contribution in [1.82, 2.24) is 4.98 Å². The lowest BCUT2D eigenvalue weighted by Gasteiger charge is -2.03. The van der Waals surface area contributed by atoms with Crippen LogP contribution in [0.5, 0.6) is 0 Å². The van der Waals surface area contributed by atoms with Crippen LogP contribution < -0.4 is 16.4 Å². The zero-order valence-electron chi connectivity index (χ0n) is 8.22. The first-order valence-corrected chi connectivity index (χ1v) is 4.71. The van der Waals surface area contributed by atoms with Crippen molar-refractivity contribution in [2.45, 2.75) is 0 Å². The van der Waals surface area contributed by atoms with E-state index >= 15 is 0 Å². The van der Waals surface area contributed by atoms with Crippen molar-refractivity contribution in [1.29, 1.82) is 0 Å². The molecule has 15 heavy (non-hydrogen) atoms. The summed E-state index contributed by atoms with van der Waals surface area (Å²) in [5, 5.41) is 3.10. The first-order valence-electron chi connectivity index (χ1n) is 4.71. The molecule has 0 spiro atoms. The molecule has 0 aliphatic rings. The third-order valence-corrected chi connectivity index (χ3v) is 1.97. The van der Waals surface area contributed by atoms with Crippen LogP contribution in [0, 0.1) is 0 Å². The summed E-state index contributed by atoms with van der Waals surface area (Å²) >= 11 is 0. The molecule has 1 heterocycles. The standard InChI is InChI=1S/C11H11BN3/c13-10-6-7-11(14-8-10)15-12-9-4-2-1-3-5-9/h1-8H,13H2,(H,14,15). The second kappa shape index (κ2) is 4.51. The number of rotatable bonds is 3. The van der Waals surface area contributed by atoms with E-state index in [1.54, 1.807) is 6.20 Å². The van der Waals surface area contributed by atoms with E-state index in [0.29, 0.717) is 5.69 Å². The fraction of sp³-hybridized carbons (Fsp3) is 0. The SMILES string of the molecule is Nc1ccc(N[B]c2ccccc2)nc1. The Morgan fingerprint density at radius 2 is 1.87 bits per heavy atom. The molecule has 0 bridgehead atoms. The molecule has 3 nitrogen and oxygen atoms in total. The van der Waals surface area contributed by atoms with Crippen LogP contribution in [0.2, 0.25) is 0 Å². The van der Waals surface area contributed by atoms with Gasteiger partial charge in [0, 0.05) is 0 Å². The normalized spacial score (nSPS) is 9.60. The minimum atomic E-state index is 0.667. The molecule has 0 saturated heterocycles. The molecule has 2 rings (SSSR count). The Morgan fingerprint density at radius 3 is 2.53 bits per heavy atom. The quantitative estimate of drug-likeness (QED) is 0.720. The monoisotopic (exact) mass is 196 g/mol. The van der Waals surface area contributed by atoms with Crippen LogP contribution in [0.15, 0.2) is 48.7 Å². The van der Waals surface area contributed by atoms with Crippen LogP contribution in [0.1, 0.15) is 0 Å². The average molecular weight is 196 g/mol. The third-order valence-electron chi connectivity index (χ3n) is 1.97. The molecule has 0 amide bonds. The number of hydrogen-bond donors (Lipinski definition) is 2. The number of anilines is 2. The fourth-order valence-corrected chi connectivity index (χ4v) is 1.20. The molecule has 0 aliphatic carbocycles. The van der Waals surface area contributed by atoms with Crippen molar-refractivity contribution in [2.24, 2.45) is 0 Å². The summed E-state index contributed by atoms with van der Waals surface area (Å²) in [6.07, 6.45) is 1.63. The number of nitrogen functional groups attached to an aromatic ring is 1. The third kappa shape index (κ3) is 2.74. The maximum atomic E-state index is 5.53. The molecule has 1 aromatic carbocycles. The van der Waals surface area contributed by atoms with Gasteiger partial charge in [-0.15, -0.1) is 0 Å². The molecular weight excluding hydrogens is 185 g/mol. The molecule has 1 radical (unpaired) electrons. The minimum Gasteiger partial charge on any atom is -0.413 e. The smallest absolute Gasteiger partial charge is 0.283 e. The van der Waals surface area contributed by atoms with Crippen molar-refractivity contribution < 1.29 is 0 Å². The predicted octanol–water partition coefficient (Wildman–Crippen LogP) is 1.02. The summed E-state index contributed by atoms with van der Waals surface area (Å²) in [6, 6.07) is 13.7. The van der Waals surface area contributed by atoms with Gasteiger partial charge in [-0.05, 0) is 12.1 Å². The number of hydrogen-bond acceptors (Lipinski definition) is 3. The summed E-state index contributed by atoms with van der Waals surface area (Å²) in [4.78, 5) is 4.13. The van der Waals surface area contributed by atoms with Crippen LogP contribution in [0.4, 0.5) is 11.5 Å². The highest BCUT2D eigenvalue weighted by molar-refractivity contribution is 6.56. The van der Waals surface area contributed by atoms with E-state index in [1.165, 1.54) is 0 Å². The summed E-state index contributed by atoms with van der Waals surface area (Å²) in [6.45, 7) is 0. The van der Waals surface area contributed by atoms with Gasteiger partial charge in [-0.25, -0.2) is 4.98 Å². The van der Waals surface area contributed by atoms with Gasteiger partial charge in [0.15, 0.2) is 0 Å². The highest BCUT2D eigenvalue weighted by Gasteiger charge is 1.96. The van der Waals surface area contributed by atoms with Crippen molar-refractivity contribution in [2.75, 3.05) is 11.0 Å². The average Bonchev–Trinajstić information content (AvgIpc) is 2.30. The first kappa shape index (κ1) is 9.58. The lowest BCUT2D eigenvalue weighted by molar-refractivity contribution is 1.33. The van der Waals surface area contributed by atoms with E-state index in [9.17, 15) is 0 Å². The lowest BCUT2D eigenvalue weighted by Crippen LogP contribution is -2.22. The van der Waals surface area contributed by atoms with Gasteiger partial charge in [-0.1, -0.05) is 35.8 Å². The topological polar surface area (TPSA) is 50.9 Å². The van der Waals surface area contributed by atoms with E-state index in [1.807, 2.05) is 49.9 Å². The van der Waals surface area contributed by atoms with Gasteiger partial charge in [-0.3, -0.25) is 0 Å². The molecule has 0 unspecified atom stereocenters. The van der Waals surface area contributed by atoms with Crippen LogP contribution in [-0.2, 0) is 0 Å². The van der Waals surface area contributed by atoms with E-state index < -0.39 is 0 Å². The van der Waals surface area contributed by atoms with Crippen molar-refractivity contribution in [3.05, 3.63) is 48.7 Å². The lowest BCUT2D eigenvalue weighted by atomic mass is 9.83. The minimum absolute atomic E-state index is 0.667.